The highest BCUT2D eigenvalue weighted by atomic mass is 16.5. The first-order chi connectivity index (χ1) is 8.67. The van der Waals surface area contributed by atoms with Crippen molar-refractivity contribution in [3.05, 3.63) is 41.4 Å². The number of methoxy groups -OCH3 is 1. The summed E-state index contributed by atoms with van der Waals surface area (Å²) < 4.78 is 4.60. The van der Waals surface area contributed by atoms with Crippen molar-refractivity contribution in [3.8, 4) is 0 Å². The average molecular weight is 247 g/mol. The smallest absolute Gasteiger partial charge is 0.344 e. The van der Waals surface area contributed by atoms with E-state index in [9.17, 15) is 9.59 Å². The van der Waals surface area contributed by atoms with Gasteiger partial charge in [-0.2, -0.15) is 4.79 Å². The Hall–Kier alpha value is -2.46. The van der Waals surface area contributed by atoms with Gasteiger partial charge in [0.15, 0.2) is 0 Å². The topological polar surface area (TPSA) is 91.8 Å². The van der Waals surface area contributed by atoms with E-state index in [1.165, 1.54) is 7.11 Å². The number of ether oxygens (including phenoxy) is 1. The molecule has 1 aromatic carbocycles. The number of amides is 1. The van der Waals surface area contributed by atoms with Crippen molar-refractivity contribution < 1.29 is 19.1 Å². The first-order valence-corrected chi connectivity index (χ1v) is 5.27. The van der Waals surface area contributed by atoms with E-state index in [2.05, 4.69) is 14.8 Å². The van der Waals surface area contributed by atoms with E-state index in [0.29, 0.717) is 12.6 Å². The Kier molecular flexibility index (Phi) is 5.28. The zero-order valence-corrected chi connectivity index (χ0v) is 9.87. The molecule has 0 radical (unpaired) electrons. The van der Waals surface area contributed by atoms with Gasteiger partial charge in [0.05, 0.1) is 7.11 Å². The largest absolute Gasteiger partial charge is 0.467 e. The number of nitrogens with one attached hydrogen (secondary N) is 1. The standard InChI is InChI=1S/C12H13N3O3/c1-18-12(17)10(15-11(16)8-14-13)7-9-5-3-2-4-6-9/h2-6,8,10H,7H2,1H3,(H,15,16)/t10-/m1/s1. The average Bonchev–Trinajstić information content (AvgIpc) is 2.38. The van der Waals surface area contributed by atoms with Crippen molar-refractivity contribution in [3.63, 3.8) is 0 Å². The molecule has 0 heterocycles. The Bertz CT molecular complexity index is 467. The molecule has 0 aromatic heterocycles. The highest BCUT2D eigenvalue weighted by Gasteiger charge is 2.22. The van der Waals surface area contributed by atoms with E-state index >= 15 is 0 Å². The van der Waals surface area contributed by atoms with Crippen LogP contribution in [0.5, 0.6) is 0 Å². The minimum atomic E-state index is -0.817. The fraction of sp³-hybridized carbons (Fsp3) is 0.250. The van der Waals surface area contributed by atoms with Crippen molar-refractivity contribution in [2.75, 3.05) is 7.11 Å². The molecule has 0 unspecified atom stereocenters. The molecule has 0 spiro atoms. The Morgan fingerprint density at radius 3 is 2.67 bits per heavy atom. The Morgan fingerprint density at radius 2 is 2.11 bits per heavy atom. The predicted molar refractivity (Wildman–Crippen MR) is 63.8 cm³/mol. The molecule has 0 aliphatic heterocycles. The zero-order valence-electron chi connectivity index (χ0n) is 9.87. The third-order valence-electron chi connectivity index (χ3n) is 2.26. The van der Waals surface area contributed by atoms with Crippen molar-refractivity contribution in [2.24, 2.45) is 0 Å². The van der Waals surface area contributed by atoms with E-state index in [1.807, 2.05) is 30.3 Å². The van der Waals surface area contributed by atoms with Crippen LogP contribution in [0.15, 0.2) is 30.3 Å². The minimum absolute atomic E-state index is 0.304. The number of carbonyl (C=O) groups is 2. The molecule has 1 rings (SSSR count). The van der Waals surface area contributed by atoms with Crippen LogP contribution in [0.1, 0.15) is 5.56 Å². The summed E-state index contributed by atoms with van der Waals surface area (Å²) in [6.07, 6.45) is 0.986. The SMILES string of the molecule is COC(=O)[C@@H](Cc1ccccc1)NC(=O)C=[N+]=[N-]. The van der Waals surface area contributed by atoms with Gasteiger partial charge >= 0.3 is 18.1 Å². The summed E-state index contributed by atoms with van der Waals surface area (Å²) in [4.78, 5) is 25.3. The van der Waals surface area contributed by atoms with E-state index < -0.39 is 17.9 Å². The quantitative estimate of drug-likeness (QED) is 0.348. The summed E-state index contributed by atoms with van der Waals surface area (Å²) in [5.41, 5.74) is 9.11. The normalized spacial score (nSPS) is 10.9. The van der Waals surface area contributed by atoms with Crippen LogP contribution in [0.4, 0.5) is 0 Å². The van der Waals surface area contributed by atoms with Crippen LogP contribution in [-0.4, -0.2) is 36.0 Å². The molecule has 94 valence electrons. The molecular formula is C12H13N3O3. The van der Waals surface area contributed by atoms with Gasteiger partial charge in [-0.1, -0.05) is 30.3 Å². The van der Waals surface area contributed by atoms with Gasteiger partial charge in [0.2, 0.25) is 0 Å². The summed E-state index contributed by atoms with van der Waals surface area (Å²) in [5, 5.41) is 2.39. The fourth-order valence-corrected chi connectivity index (χ4v) is 1.45. The van der Waals surface area contributed by atoms with Crippen LogP contribution in [0.25, 0.3) is 5.53 Å². The Morgan fingerprint density at radius 1 is 1.44 bits per heavy atom. The maximum Gasteiger partial charge on any atom is 0.344 e. The van der Waals surface area contributed by atoms with Crippen LogP contribution < -0.4 is 5.32 Å². The van der Waals surface area contributed by atoms with Crippen LogP contribution in [-0.2, 0) is 20.7 Å². The zero-order chi connectivity index (χ0) is 13.4. The van der Waals surface area contributed by atoms with E-state index in [1.54, 1.807) is 0 Å². The summed E-state index contributed by atoms with van der Waals surface area (Å²) in [7, 11) is 1.24. The third kappa shape index (κ3) is 4.19. The molecule has 1 atom stereocenters. The molecule has 6 heteroatoms. The predicted octanol–water partition coefficient (Wildman–Crippen LogP) is 0.187. The Balaban J connectivity index is 2.76. The molecular weight excluding hydrogens is 234 g/mol. The number of hydrogen-bond acceptors (Lipinski definition) is 3. The number of benzene rings is 1. The number of rotatable bonds is 5. The second-order valence-corrected chi connectivity index (χ2v) is 3.52. The van der Waals surface area contributed by atoms with Gasteiger partial charge in [-0.25, -0.2) is 4.79 Å². The molecule has 1 aromatic rings. The molecule has 0 aliphatic carbocycles. The lowest BCUT2D eigenvalue weighted by atomic mass is 10.1. The number of esters is 1. The maximum atomic E-state index is 11.5. The van der Waals surface area contributed by atoms with Crippen LogP contribution >= 0.6 is 0 Å². The highest BCUT2D eigenvalue weighted by Crippen LogP contribution is 2.04. The summed E-state index contributed by atoms with van der Waals surface area (Å²) in [5.74, 6) is -1.22. The summed E-state index contributed by atoms with van der Waals surface area (Å²) in [6, 6.07) is 8.38. The number of hydrogen-bond donors (Lipinski definition) is 1. The first-order valence-electron chi connectivity index (χ1n) is 5.27. The molecule has 0 saturated heterocycles. The molecule has 18 heavy (non-hydrogen) atoms. The molecule has 0 fully saturated rings. The van der Waals surface area contributed by atoms with Gasteiger partial charge in [-0.3, -0.25) is 4.79 Å². The van der Waals surface area contributed by atoms with E-state index in [-0.39, 0.29) is 0 Å². The second kappa shape index (κ2) is 6.98. The van der Waals surface area contributed by atoms with E-state index in [0.717, 1.165) is 5.56 Å². The first kappa shape index (κ1) is 13.6. The maximum absolute atomic E-state index is 11.5. The van der Waals surface area contributed by atoms with Crippen molar-refractivity contribution in [2.45, 2.75) is 12.5 Å². The molecule has 1 N–H and O–H groups in total. The van der Waals surface area contributed by atoms with Gasteiger partial charge in [-0.05, 0) is 5.56 Å². The van der Waals surface area contributed by atoms with Crippen molar-refractivity contribution in [1.82, 2.24) is 5.32 Å². The summed E-state index contributed by atoms with van der Waals surface area (Å²) in [6.45, 7) is 0. The molecule has 0 saturated carbocycles. The van der Waals surface area contributed by atoms with Gasteiger partial charge in [0.25, 0.3) is 0 Å². The molecule has 1 amide bonds. The highest BCUT2D eigenvalue weighted by molar-refractivity contribution is 6.24. The monoisotopic (exact) mass is 247 g/mol. The van der Waals surface area contributed by atoms with Crippen molar-refractivity contribution >= 4 is 18.1 Å². The fourth-order valence-electron chi connectivity index (χ4n) is 1.45. The van der Waals surface area contributed by atoms with Gasteiger partial charge in [0, 0.05) is 6.42 Å². The van der Waals surface area contributed by atoms with Crippen LogP contribution in [0.3, 0.4) is 0 Å². The summed E-state index contributed by atoms with van der Waals surface area (Å²) >= 11 is 0. The number of carbonyl (C=O) groups excluding carboxylic acids is 2. The lowest BCUT2D eigenvalue weighted by Gasteiger charge is -2.14. The van der Waals surface area contributed by atoms with Gasteiger partial charge in [0.1, 0.15) is 6.04 Å². The number of nitrogens with zero attached hydrogens (tertiary/aromatic N) is 2. The third-order valence-corrected chi connectivity index (χ3v) is 2.26. The molecule has 0 bridgehead atoms. The van der Waals surface area contributed by atoms with Crippen LogP contribution in [0, 0.1) is 0 Å². The lowest BCUT2D eigenvalue weighted by molar-refractivity contribution is -0.144. The van der Waals surface area contributed by atoms with Gasteiger partial charge < -0.3 is 15.6 Å². The minimum Gasteiger partial charge on any atom is -0.467 e. The van der Waals surface area contributed by atoms with Gasteiger partial charge in [-0.15, -0.1) is 0 Å². The molecule has 0 aliphatic rings. The van der Waals surface area contributed by atoms with E-state index in [4.69, 9.17) is 5.53 Å². The lowest BCUT2D eigenvalue weighted by Crippen LogP contribution is -2.43. The second-order valence-electron chi connectivity index (χ2n) is 3.52. The Labute approximate surface area is 104 Å². The van der Waals surface area contributed by atoms with Crippen molar-refractivity contribution in [1.29, 1.82) is 0 Å². The molecule has 6 nitrogen and oxygen atoms in total. The van der Waals surface area contributed by atoms with Crippen LogP contribution in [0.2, 0.25) is 0 Å².